The number of rotatable bonds is 4. The second-order valence-corrected chi connectivity index (χ2v) is 6.78. The molecular formula is C12H15N5O2S2. The zero-order chi connectivity index (χ0) is 14.7. The normalized spacial score (nSPS) is 16.0. The van der Waals surface area contributed by atoms with E-state index in [0.29, 0.717) is 22.4 Å². The van der Waals surface area contributed by atoms with Gasteiger partial charge in [-0.2, -0.15) is 16.7 Å². The maximum atomic E-state index is 11.9. The first-order valence-electron chi connectivity index (χ1n) is 6.71. The van der Waals surface area contributed by atoms with Gasteiger partial charge in [0, 0.05) is 5.92 Å². The van der Waals surface area contributed by atoms with Gasteiger partial charge in [-0.3, -0.25) is 4.79 Å². The van der Waals surface area contributed by atoms with Crippen molar-refractivity contribution in [3.63, 3.8) is 0 Å². The van der Waals surface area contributed by atoms with Crippen molar-refractivity contribution in [3.8, 4) is 0 Å². The molecule has 0 bridgehead atoms. The maximum absolute atomic E-state index is 11.9. The Hall–Kier alpha value is -1.48. The summed E-state index contributed by atoms with van der Waals surface area (Å²) in [4.78, 5) is 16.8. The molecule has 2 aromatic rings. The summed E-state index contributed by atoms with van der Waals surface area (Å²) in [7, 11) is 0. The van der Waals surface area contributed by atoms with Crippen LogP contribution < -0.4 is 5.32 Å². The molecule has 3 heterocycles. The SMILES string of the molecule is Cc1nnsc1C(=O)NCc1nc(C2CCSCC2)no1. The van der Waals surface area contributed by atoms with Crippen molar-refractivity contribution >= 4 is 29.2 Å². The van der Waals surface area contributed by atoms with Crippen LogP contribution in [0.2, 0.25) is 0 Å². The number of aryl methyl sites for hydroxylation is 1. The van der Waals surface area contributed by atoms with E-state index in [1.54, 1.807) is 6.92 Å². The van der Waals surface area contributed by atoms with E-state index in [9.17, 15) is 4.79 Å². The molecule has 0 aromatic carbocycles. The summed E-state index contributed by atoms with van der Waals surface area (Å²) < 4.78 is 8.95. The number of thioether (sulfide) groups is 1. The Morgan fingerprint density at radius 2 is 2.24 bits per heavy atom. The molecule has 112 valence electrons. The topological polar surface area (TPSA) is 93.8 Å². The van der Waals surface area contributed by atoms with Crippen molar-refractivity contribution in [1.29, 1.82) is 0 Å². The predicted octanol–water partition coefficient (Wildman–Crippen LogP) is 1.77. The van der Waals surface area contributed by atoms with E-state index in [0.717, 1.165) is 41.7 Å². The lowest BCUT2D eigenvalue weighted by molar-refractivity contribution is 0.0949. The lowest BCUT2D eigenvalue weighted by Crippen LogP contribution is -2.22. The first kappa shape index (κ1) is 14.5. The fourth-order valence-corrected chi connectivity index (χ4v) is 3.82. The average molecular weight is 325 g/mol. The minimum Gasteiger partial charge on any atom is -0.342 e. The first-order valence-corrected chi connectivity index (χ1v) is 8.64. The Morgan fingerprint density at radius 1 is 1.43 bits per heavy atom. The molecule has 7 nitrogen and oxygen atoms in total. The van der Waals surface area contributed by atoms with Crippen LogP contribution in [0.15, 0.2) is 4.52 Å². The lowest BCUT2D eigenvalue weighted by atomic mass is 10.0. The molecule has 0 saturated carbocycles. The molecule has 1 N–H and O–H groups in total. The number of hydrogen-bond acceptors (Lipinski definition) is 8. The van der Waals surface area contributed by atoms with Crippen LogP contribution in [0.3, 0.4) is 0 Å². The number of nitrogens with one attached hydrogen (secondary N) is 1. The highest BCUT2D eigenvalue weighted by molar-refractivity contribution is 7.99. The van der Waals surface area contributed by atoms with Gasteiger partial charge in [0.15, 0.2) is 5.82 Å². The summed E-state index contributed by atoms with van der Waals surface area (Å²) in [5, 5.41) is 10.6. The Morgan fingerprint density at radius 3 is 2.95 bits per heavy atom. The van der Waals surface area contributed by atoms with Gasteiger partial charge in [-0.1, -0.05) is 9.64 Å². The van der Waals surface area contributed by atoms with Crippen LogP contribution in [-0.2, 0) is 6.54 Å². The average Bonchev–Trinajstić information content (AvgIpc) is 3.15. The minimum absolute atomic E-state index is 0.212. The number of carbonyl (C=O) groups excluding carboxylic acids is 1. The molecule has 2 aromatic heterocycles. The van der Waals surface area contributed by atoms with E-state index in [1.807, 2.05) is 11.8 Å². The molecule has 21 heavy (non-hydrogen) atoms. The van der Waals surface area contributed by atoms with Crippen LogP contribution in [0.5, 0.6) is 0 Å². The van der Waals surface area contributed by atoms with Crippen LogP contribution in [0.1, 0.15) is 45.8 Å². The standard InChI is InChI=1S/C12H15N5O2S2/c1-7-10(21-17-15-7)12(18)13-6-9-14-11(16-19-9)8-2-4-20-5-3-8/h8H,2-6H2,1H3,(H,13,18). The number of amides is 1. The quantitative estimate of drug-likeness (QED) is 0.915. The largest absolute Gasteiger partial charge is 0.342 e. The highest BCUT2D eigenvalue weighted by Crippen LogP contribution is 2.29. The molecule has 9 heteroatoms. The van der Waals surface area contributed by atoms with Crippen molar-refractivity contribution < 1.29 is 9.32 Å². The smallest absolute Gasteiger partial charge is 0.265 e. The molecular weight excluding hydrogens is 310 g/mol. The van der Waals surface area contributed by atoms with Crippen molar-refractivity contribution in [1.82, 2.24) is 25.0 Å². The van der Waals surface area contributed by atoms with Crippen LogP contribution in [0.4, 0.5) is 0 Å². The van der Waals surface area contributed by atoms with Gasteiger partial charge in [0.25, 0.3) is 5.91 Å². The van der Waals surface area contributed by atoms with Gasteiger partial charge in [0.1, 0.15) is 4.88 Å². The summed E-state index contributed by atoms with van der Waals surface area (Å²) in [6.07, 6.45) is 2.17. The lowest BCUT2D eigenvalue weighted by Gasteiger charge is -2.17. The summed E-state index contributed by atoms with van der Waals surface area (Å²) in [5.74, 6) is 3.65. The molecule has 3 rings (SSSR count). The third kappa shape index (κ3) is 3.41. The molecule has 1 aliphatic rings. The van der Waals surface area contributed by atoms with Crippen molar-refractivity contribution in [2.24, 2.45) is 0 Å². The van der Waals surface area contributed by atoms with Gasteiger partial charge in [-0.05, 0) is 42.8 Å². The van der Waals surface area contributed by atoms with Crippen molar-refractivity contribution in [3.05, 3.63) is 22.3 Å². The molecule has 1 saturated heterocycles. The van der Waals surface area contributed by atoms with Gasteiger partial charge in [0.05, 0.1) is 12.2 Å². The molecule has 0 aliphatic carbocycles. The molecule has 1 aliphatic heterocycles. The monoisotopic (exact) mass is 325 g/mol. The highest BCUT2D eigenvalue weighted by Gasteiger charge is 2.21. The Labute approximate surface area is 130 Å². The Balaban J connectivity index is 1.57. The van der Waals surface area contributed by atoms with Gasteiger partial charge in [-0.15, -0.1) is 5.10 Å². The minimum atomic E-state index is -0.212. The second-order valence-electron chi connectivity index (χ2n) is 4.80. The van der Waals surface area contributed by atoms with Crippen LogP contribution in [-0.4, -0.2) is 37.1 Å². The molecule has 1 amide bonds. The van der Waals surface area contributed by atoms with E-state index >= 15 is 0 Å². The number of carbonyl (C=O) groups is 1. The second kappa shape index (κ2) is 6.52. The first-order chi connectivity index (χ1) is 10.2. The maximum Gasteiger partial charge on any atom is 0.265 e. The third-order valence-electron chi connectivity index (χ3n) is 3.33. The van der Waals surface area contributed by atoms with Crippen LogP contribution in [0.25, 0.3) is 0 Å². The number of nitrogens with zero attached hydrogens (tertiary/aromatic N) is 4. The fraction of sp³-hybridized carbons (Fsp3) is 0.583. The molecule has 0 radical (unpaired) electrons. The highest BCUT2D eigenvalue weighted by atomic mass is 32.2. The van der Waals surface area contributed by atoms with Gasteiger partial charge < -0.3 is 9.84 Å². The fourth-order valence-electron chi connectivity index (χ4n) is 2.14. The van der Waals surface area contributed by atoms with E-state index < -0.39 is 0 Å². The third-order valence-corrected chi connectivity index (χ3v) is 5.20. The van der Waals surface area contributed by atoms with Gasteiger partial charge in [0.2, 0.25) is 5.89 Å². The van der Waals surface area contributed by atoms with Crippen LogP contribution >= 0.6 is 23.3 Å². The molecule has 0 spiro atoms. The van der Waals surface area contributed by atoms with E-state index in [2.05, 4.69) is 25.0 Å². The van der Waals surface area contributed by atoms with E-state index in [1.165, 1.54) is 0 Å². The summed E-state index contributed by atoms with van der Waals surface area (Å²) in [6.45, 7) is 1.98. The van der Waals surface area contributed by atoms with E-state index in [-0.39, 0.29) is 12.5 Å². The zero-order valence-electron chi connectivity index (χ0n) is 11.5. The summed E-state index contributed by atoms with van der Waals surface area (Å²) >= 11 is 3.04. The summed E-state index contributed by atoms with van der Waals surface area (Å²) in [6, 6.07) is 0. The Bertz CT molecular complexity index is 621. The predicted molar refractivity (Wildman–Crippen MR) is 79.4 cm³/mol. The van der Waals surface area contributed by atoms with Gasteiger partial charge in [-0.25, -0.2) is 0 Å². The number of aromatic nitrogens is 4. The van der Waals surface area contributed by atoms with Crippen molar-refractivity contribution in [2.45, 2.75) is 32.2 Å². The van der Waals surface area contributed by atoms with Gasteiger partial charge >= 0.3 is 0 Å². The molecule has 1 fully saturated rings. The van der Waals surface area contributed by atoms with Crippen LogP contribution in [0, 0.1) is 6.92 Å². The molecule has 0 atom stereocenters. The zero-order valence-corrected chi connectivity index (χ0v) is 13.2. The Kier molecular flexibility index (Phi) is 4.49. The summed E-state index contributed by atoms with van der Waals surface area (Å²) in [5.41, 5.74) is 0.628. The van der Waals surface area contributed by atoms with Crippen molar-refractivity contribution in [2.75, 3.05) is 11.5 Å². The molecule has 0 unspecified atom stereocenters. The number of hydrogen-bond donors (Lipinski definition) is 1. The van der Waals surface area contributed by atoms with E-state index in [4.69, 9.17) is 4.52 Å².